The van der Waals surface area contributed by atoms with Gasteiger partial charge in [0, 0.05) is 16.8 Å². The number of hydrogen-bond donors (Lipinski definition) is 1. The number of carbonyl (C=O) groups is 1. The van der Waals surface area contributed by atoms with Crippen LogP contribution in [0, 0.1) is 18.3 Å². The van der Waals surface area contributed by atoms with E-state index >= 15 is 0 Å². The van der Waals surface area contributed by atoms with Crippen LogP contribution in [0.2, 0.25) is 0 Å². The van der Waals surface area contributed by atoms with Gasteiger partial charge in [-0.2, -0.15) is 5.26 Å². The third-order valence-electron chi connectivity index (χ3n) is 4.89. The first-order chi connectivity index (χ1) is 15.6. The Labute approximate surface area is 192 Å². The minimum Gasteiger partial charge on any atom is -0.325 e. The number of amides is 1. The molecule has 1 N–H and O–H groups in total. The largest absolute Gasteiger partial charge is 0.325 e. The molecule has 0 spiro atoms. The third-order valence-corrected chi connectivity index (χ3v) is 5.87. The zero-order valence-electron chi connectivity index (χ0n) is 17.6. The first-order valence-electron chi connectivity index (χ1n) is 10.2. The smallest absolute Gasteiger partial charge is 0.234 e. The van der Waals surface area contributed by atoms with E-state index in [1.807, 2.05) is 97.9 Å². The molecule has 0 unspecified atom stereocenters. The van der Waals surface area contributed by atoms with Crippen LogP contribution < -0.4 is 5.32 Å². The molecule has 4 aromatic rings. The monoisotopic (exact) mass is 435 g/mol. The summed E-state index contributed by atoms with van der Waals surface area (Å²) in [5.74, 6) is 0.0138. The Morgan fingerprint density at radius 1 is 0.938 bits per heavy atom. The average Bonchev–Trinajstić information content (AvgIpc) is 2.83. The molecule has 32 heavy (non-hydrogen) atoms. The van der Waals surface area contributed by atoms with E-state index in [0.29, 0.717) is 10.6 Å². The maximum atomic E-state index is 12.6. The number of pyridine rings is 1. The van der Waals surface area contributed by atoms with Gasteiger partial charge < -0.3 is 5.32 Å². The molecule has 0 aliphatic carbocycles. The molecule has 0 bridgehead atoms. The van der Waals surface area contributed by atoms with E-state index in [1.165, 1.54) is 11.8 Å². The van der Waals surface area contributed by atoms with Crippen molar-refractivity contribution in [2.24, 2.45) is 0 Å². The molecule has 0 fully saturated rings. The Kier molecular flexibility index (Phi) is 6.64. The number of anilines is 1. The molecular weight excluding hydrogens is 414 g/mol. The molecule has 4 rings (SSSR count). The van der Waals surface area contributed by atoms with E-state index in [4.69, 9.17) is 4.98 Å². The number of aromatic nitrogens is 1. The summed E-state index contributed by atoms with van der Waals surface area (Å²) >= 11 is 1.28. The van der Waals surface area contributed by atoms with Crippen LogP contribution in [0.4, 0.5) is 5.69 Å². The van der Waals surface area contributed by atoms with E-state index in [0.717, 1.165) is 33.6 Å². The number of thioether (sulfide) groups is 1. The second-order valence-corrected chi connectivity index (χ2v) is 8.25. The maximum Gasteiger partial charge on any atom is 0.234 e. The van der Waals surface area contributed by atoms with Crippen molar-refractivity contribution < 1.29 is 4.79 Å². The molecule has 4 nitrogen and oxygen atoms in total. The highest BCUT2D eigenvalue weighted by molar-refractivity contribution is 8.00. The lowest BCUT2D eigenvalue weighted by Crippen LogP contribution is -2.14. The van der Waals surface area contributed by atoms with Crippen molar-refractivity contribution >= 4 is 23.4 Å². The van der Waals surface area contributed by atoms with Crippen molar-refractivity contribution in [1.29, 1.82) is 5.26 Å². The number of aryl methyl sites for hydroxylation is 1. The van der Waals surface area contributed by atoms with Crippen LogP contribution in [0.15, 0.2) is 96.0 Å². The van der Waals surface area contributed by atoms with Gasteiger partial charge in [-0.15, -0.1) is 0 Å². The summed E-state index contributed by atoms with van der Waals surface area (Å²) in [6.45, 7) is 1.98. The number of carbonyl (C=O) groups excluding carboxylic acids is 1. The fourth-order valence-corrected chi connectivity index (χ4v) is 4.19. The number of nitrogens with zero attached hydrogens (tertiary/aromatic N) is 2. The quantitative estimate of drug-likeness (QED) is 0.360. The van der Waals surface area contributed by atoms with Gasteiger partial charge in [-0.3, -0.25) is 4.79 Å². The molecule has 0 atom stereocenters. The van der Waals surface area contributed by atoms with Crippen LogP contribution in [0.5, 0.6) is 0 Å². The SMILES string of the molecule is Cc1cccc(NC(=O)CSc2nc(-c3ccccc3)cc(-c3ccccc3)c2C#N)c1. The fraction of sp³-hybridized carbons (Fsp3) is 0.0741. The summed E-state index contributed by atoms with van der Waals surface area (Å²) in [7, 11) is 0. The van der Waals surface area contributed by atoms with Gasteiger partial charge in [-0.05, 0) is 36.2 Å². The third kappa shape index (κ3) is 5.05. The summed E-state index contributed by atoms with van der Waals surface area (Å²) < 4.78 is 0. The van der Waals surface area contributed by atoms with Crippen LogP contribution in [0.3, 0.4) is 0 Å². The fourth-order valence-electron chi connectivity index (χ4n) is 3.39. The standard InChI is InChI=1S/C27H21N3OS/c1-19-9-8-14-22(15-19)29-26(31)18-32-27-24(17-28)23(20-10-4-2-5-11-20)16-25(30-27)21-12-6-3-7-13-21/h2-16H,18H2,1H3,(H,29,31). The van der Waals surface area contributed by atoms with Crippen LogP contribution in [0.1, 0.15) is 11.1 Å². The summed E-state index contributed by atoms with van der Waals surface area (Å²) in [5, 5.41) is 13.4. The first-order valence-corrected chi connectivity index (χ1v) is 11.2. The van der Waals surface area contributed by atoms with Gasteiger partial charge in [0.05, 0.1) is 17.0 Å². The zero-order chi connectivity index (χ0) is 22.3. The van der Waals surface area contributed by atoms with Crippen LogP contribution >= 0.6 is 11.8 Å². The molecule has 0 saturated heterocycles. The predicted molar refractivity (Wildman–Crippen MR) is 130 cm³/mol. The molecule has 156 valence electrons. The van der Waals surface area contributed by atoms with Gasteiger partial charge in [-0.1, -0.05) is 84.6 Å². The van der Waals surface area contributed by atoms with E-state index in [-0.39, 0.29) is 11.7 Å². The molecule has 3 aromatic carbocycles. The summed E-state index contributed by atoms with van der Waals surface area (Å²) in [6.07, 6.45) is 0. The van der Waals surface area contributed by atoms with E-state index < -0.39 is 0 Å². The Morgan fingerprint density at radius 3 is 2.28 bits per heavy atom. The second-order valence-electron chi connectivity index (χ2n) is 7.29. The van der Waals surface area contributed by atoms with Gasteiger partial charge in [0.1, 0.15) is 11.1 Å². The minimum absolute atomic E-state index is 0.141. The Morgan fingerprint density at radius 2 is 1.62 bits per heavy atom. The highest BCUT2D eigenvalue weighted by Gasteiger charge is 2.17. The lowest BCUT2D eigenvalue weighted by molar-refractivity contribution is -0.113. The Hall–Kier alpha value is -3.88. The molecule has 1 amide bonds. The van der Waals surface area contributed by atoms with Gasteiger partial charge >= 0.3 is 0 Å². The van der Waals surface area contributed by atoms with Gasteiger partial charge in [0.25, 0.3) is 0 Å². The molecule has 1 heterocycles. The summed E-state index contributed by atoms with van der Waals surface area (Å²) in [4.78, 5) is 17.3. The molecule has 0 radical (unpaired) electrons. The van der Waals surface area contributed by atoms with Crippen LogP contribution in [0.25, 0.3) is 22.4 Å². The van der Waals surface area contributed by atoms with Crippen molar-refractivity contribution in [2.75, 3.05) is 11.1 Å². The van der Waals surface area contributed by atoms with Crippen molar-refractivity contribution in [3.63, 3.8) is 0 Å². The van der Waals surface area contributed by atoms with E-state index in [2.05, 4.69) is 11.4 Å². The van der Waals surface area contributed by atoms with Crippen LogP contribution in [-0.4, -0.2) is 16.6 Å². The average molecular weight is 436 g/mol. The first kappa shape index (κ1) is 21.4. The molecule has 0 saturated carbocycles. The predicted octanol–water partition coefficient (Wildman–Crippen LogP) is 6.33. The summed E-state index contributed by atoms with van der Waals surface area (Å²) in [5.41, 5.74) is 5.78. The number of hydrogen-bond acceptors (Lipinski definition) is 4. The topological polar surface area (TPSA) is 65.8 Å². The Balaban J connectivity index is 1.67. The van der Waals surface area contributed by atoms with E-state index in [9.17, 15) is 10.1 Å². The van der Waals surface area contributed by atoms with Crippen molar-refractivity contribution in [3.8, 4) is 28.5 Å². The summed E-state index contributed by atoms with van der Waals surface area (Å²) in [6, 6.07) is 31.6. The molecule has 1 aromatic heterocycles. The lowest BCUT2D eigenvalue weighted by Gasteiger charge is -2.13. The van der Waals surface area contributed by atoms with Crippen molar-refractivity contribution in [2.45, 2.75) is 11.9 Å². The number of rotatable bonds is 6. The van der Waals surface area contributed by atoms with E-state index in [1.54, 1.807) is 0 Å². The zero-order valence-corrected chi connectivity index (χ0v) is 18.4. The highest BCUT2D eigenvalue weighted by atomic mass is 32.2. The van der Waals surface area contributed by atoms with Gasteiger partial charge in [-0.25, -0.2) is 4.98 Å². The highest BCUT2D eigenvalue weighted by Crippen LogP contribution is 2.34. The molecular formula is C27H21N3OS. The Bertz CT molecular complexity index is 1280. The molecule has 0 aliphatic rings. The van der Waals surface area contributed by atoms with Gasteiger partial charge in [0.2, 0.25) is 5.91 Å². The lowest BCUT2D eigenvalue weighted by atomic mass is 9.99. The number of nitrogens with one attached hydrogen (secondary N) is 1. The minimum atomic E-state index is -0.141. The van der Waals surface area contributed by atoms with Crippen LogP contribution in [-0.2, 0) is 4.79 Å². The van der Waals surface area contributed by atoms with Crippen molar-refractivity contribution in [3.05, 3.63) is 102 Å². The molecule has 5 heteroatoms. The second kappa shape index (κ2) is 9.95. The van der Waals surface area contributed by atoms with Gasteiger partial charge in [0.15, 0.2) is 0 Å². The normalized spacial score (nSPS) is 10.4. The number of nitriles is 1. The molecule has 0 aliphatic heterocycles. The maximum absolute atomic E-state index is 12.6. The van der Waals surface area contributed by atoms with Crippen molar-refractivity contribution in [1.82, 2.24) is 4.98 Å². The number of benzene rings is 3.